The van der Waals surface area contributed by atoms with Gasteiger partial charge in [-0.15, -0.1) is 0 Å². The Hall–Kier alpha value is -2.29. The molecule has 6 nitrogen and oxygen atoms in total. The van der Waals surface area contributed by atoms with Crippen molar-refractivity contribution in [1.82, 2.24) is 9.97 Å². The number of nitrogens with two attached hydrogens (primary N) is 1. The van der Waals surface area contributed by atoms with Crippen molar-refractivity contribution in [3.63, 3.8) is 0 Å². The van der Waals surface area contributed by atoms with Crippen LogP contribution in [0.4, 0.5) is 18.9 Å². The molecule has 1 unspecified atom stereocenters. The molecule has 5 N–H and O–H groups in total. The number of aromatic amines is 2. The molecule has 1 atom stereocenters. The Bertz CT molecular complexity index is 714. The third-order valence-electron chi connectivity index (χ3n) is 2.83. The first-order valence-electron chi connectivity index (χ1n) is 5.50. The highest BCUT2D eigenvalue weighted by atomic mass is 19.4. The van der Waals surface area contributed by atoms with Crippen LogP contribution in [0.2, 0.25) is 0 Å². The van der Waals surface area contributed by atoms with Crippen molar-refractivity contribution in [2.24, 2.45) is 5.73 Å². The van der Waals surface area contributed by atoms with Crippen LogP contribution >= 0.6 is 0 Å². The van der Waals surface area contributed by atoms with Crippen LogP contribution in [0.15, 0.2) is 23.0 Å². The maximum Gasteiger partial charge on any atom is 0.415 e. The molecule has 0 aliphatic carbocycles. The molecular weight excluding hydrogens is 277 g/mol. The number of imidazole rings is 1. The van der Waals surface area contributed by atoms with Crippen LogP contribution in [0.3, 0.4) is 0 Å². The summed E-state index contributed by atoms with van der Waals surface area (Å²) in [4.78, 5) is 27.5. The second-order valence-corrected chi connectivity index (χ2v) is 4.49. The second kappa shape index (κ2) is 4.37. The Kier molecular flexibility index (Phi) is 3.09. The van der Waals surface area contributed by atoms with E-state index in [9.17, 15) is 22.8 Å². The van der Waals surface area contributed by atoms with E-state index >= 15 is 0 Å². The molecule has 0 bridgehead atoms. The lowest BCUT2D eigenvalue weighted by molar-refractivity contribution is -0.184. The third-order valence-corrected chi connectivity index (χ3v) is 2.83. The Morgan fingerprint density at radius 3 is 2.45 bits per heavy atom. The van der Waals surface area contributed by atoms with Gasteiger partial charge in [-0.25, -0.2) is 4.79 Å². The van der Waals surface area contributed by atoms with Crippen LogP contribution in [0, 0.1) is 0 Å². The quantitative estimate of drug-likeness (QED) is 0.664. The molecule has 0 fully saturated rings. The van der Waals surface area contributed by atoms with Crippen LogP contribution in [-0.4, -0.2) is 27.6 Å². The van der Waals surface area contributed by atoms with Crippen molar-refractivity contribution in [3.05, 3.63) is 28.7 Å². The van der Waals surface area contributed by atoms with Crippen LogP contribution in [0.1, 0.15) is 6.92 Å². The zero-order valence-electron chi connectivity index (χ0n) is 10.3. The molecule has 0 saturated heterocycles. The number of hydrogen-bond acceptors (Lipinski definition) is 3. The standard InChI is InChI=1S/C11H11F3N4O2/c1-10(15,11(12,13)14)8(19)16-5-2-3-6-7(4-5)18-9(20)17-6/h2-4H,15H2,1H3,(H,16,19)(H2,17,18,20). The summed E-state index contributed by atoms with van der Waals surface area (Å²) in [5, 5.41) is 2.07. The van der Waals surface area contributed by atoms with E-state index in [1.54, 1.807) is 0 Å². The van der Waals surface area contributed by atoms with Crippen LogP contribution < -0.4 is 16.7 Å². The lowest BCUT2D eigenvalue weighted by atomic mass is 10.0. The highest BCUT2D eigenvalue weighted by Crippen LogP contribution is 2.29. The first-order valence-corrected chi connectivity index (χ1v) is 5.50. The smallest absolute Gasteiger partial charge is 0.324 e. The first-order chi connectivity index (χ1) is 9.11. The van der Waals surface area contributed by atoms with Crippen molar-refractivity contribution in [2.45, 2.75) is 18.6 Å². The van der Waals surface area contributed by atoms with E-state index in [2.05, 4.69) is 15.3 Å². The highest BCUT2D eigenvalue weighted by Gasteiger charge is 2.53. The summed E-state index contributed by atoms with van der Waals surface area (Å²) in [6.07, 6.45) is -4.87. The average molecular weight is 288 g/mol. The molecule has 20 heavy (non-hydrogen) atoms. The molecule has 1 heterocycles. The summed E-state index contributed by atoms with van der Waals surface area (Å²) in [6, 6.07) is 4.14. The zero-order valence-corrected chi connectivity index (χ0v) is 10.3. The lowest BCUT2D eigenvalue weighted by Gasteiger charge is -2.26. The van der Waals surface area contributed by atoms with Gasteiger partial charge in [-0.2, -0.15) is 13.2 Å². The molecule has 0 spiro atoms. The number of carbonyl (C=O) groups excluding carboxylic acids is 1. The van der Waals surface area contributed by atoms with Gasteiger partial charge in [0.2, 0.25) is 0 Å². The van der Waals surface area contributed by atoms with Gasteiger partial charge in [0.1, 0.15) is 0 Å². The Balaban J connectivity index is 2.28. The van der Waals surface area contributed by atoms with E-state index in [1.165, 1.54) is 18.2 Å². The van der Waals surface area contributed by atoms with E-state index in [1.807, 2.05) is 0 Å². The van der Waals surface area contributed by atoms with Crippen molar-refractivity contribution in [1.29, 1.82) is 0 Å². The summed E-state index contributed by atoms with van der Waals surface area (Å²) in [6.45, 7) is 0.582. The van der Waals surface area contributed by atoms with E-state index in [4.69, 9.17) is 5.73 Å². The minimum Gasteiger partial charge on any atom is -0.324 e. The maximum absolute atomic E-state index is 12.6. The zero-order chi connectivity index (χ0) is 15.1. The number of rotatable bonds is 2. The normalized spacial score (nSPS) is 15.1. The van der Waals surface area contributed by atoms with Gasteiger partial charge in [-0.05, 0) is 25.1 Å². The summed E-state index contributed by atoms with van der Waals surface area (Å²) in [5.41, 5.74) is 2.47. The fourth-order valence-corrected chi connectivity index (χ4v) is 1.50. The molecule has 108 valence electrons. The van der Waals surface area contributed by atoms with E-state index in [-0.39, 0.29) is 5.69 Å². The van der Waals surface area contributed by atoms with E-state index in [0.717, 1.165) is 0 Å². The number of nitrogens with one attached hydrogen (secondary N) is 3. The van der Waals surface area contributed by atoms with Crippen molar-refractivity contribution >= 4 is 22.6 Å². The summed E-state index contributed by atoms with van der Waals surface area (Å²) < 4.78 is 37.8. The van der Waals surface area contributed by atoms with Gasteiger partial charge in [0.15, 0.2) is 5.54 Å². The van der Waals surface area contributed by atoms with Crippen LogP contribution in [0.5, 0.6) is 0 Å². The molecule has 1 aromatic carbocycles. The average Bonchev–Trinajstić information content (AvgIpc) is 2.66. The third kappa shape index (κ3) is 2.39. The number of amides is 1. The molecular formula is C11H11F3N4O2. The molecule has 9 heteroatoms. The van der Waals surface area contributed by atoms with Crippen molar-refractivity contribution in [2.75, 3.05) is 5.32 Å². The number of fused-ring (bicyclic) bond motifs is 1. The van der Waals surface area contributed by atoms with Gasteiger partial charge in [0.25, 0.3) is 5.91 Å². The molecule has 0 aliphatic rings. The number of H-pyrrole nitrogens is 2. The molecule has 2 rings (SSSR count). The predicted octanol–water partition coefficient (Wildman–Crippen LogP) is 1.07. The van der Waals surface area contributed by atoms with E-state index < -0.39 is 23.3 Å². The number of benzene rings is 1. The minimum absolute atomic E-state index is 0.0960. The number of anilines is 1. The van der Waals surface area contributed by atoms with Gasteiger partial charge in [-0.1, -0.05) is 0 Å². The number of carbonyl (C=O) groups is 1. The monoisotopic (exact) mass is 288 g/mol. The fourth-order valence-electron chi connectivity index (χ4n) is 1.50. The highest BCUT2D eigenvalue weighted by molar-refractivity contribution is 5.99. The molecule has 0 radical (unpaired) electrons. The molecule has 0 aliphatic heterocycles. The van der Waals surface area contributed by atoms with Crippen molar-refractivity contribution < 1.29 is 18.0 Å². The molecule has 0 saturated carbocycles. The number of alkyl halides is 3. The van der Waals surface area contributed by atoms with Gasteiger partial charge >= 0.3 is 11.9 Å². The molecule has 2 aromatic rings. The maximum atomic E-state index is 12.6. The molecule has 1 amide bonds. The van der Waals surface area contributed by atoms with Gasteiger partial charge in [-0.3, -0.25) is 4.79 Å². The molecule has 1 aromatic heterocycles. The van der Waals surface area contributed by atoms with E-state index in [0.29, 0.717) is 18.0 Å². The predicted molar refractivity (Wildman–Crippen MR) is 66.2 cm³/mol. The topological polar surface area (TPSA) is 104 Å². The first kappa shape index (κ1) is 14.1. The Morgan fingerprint density at radius 1 is 1.25 bits per heavy atom. The fraction of sp³-hybridized carbons (Fsp3) is 0.273. The number of hydrogen-bond donors (Lipinski definition) is 4. The Labute approximate surface area is 110 Å². The van der Waals surface area contributed by atoms with Crippen molar-refractivity contribution in [3.8, 4) is 0 Å². The van der Waals surface area contributed by atoms with Gasteiger partial charge < -0.3 is 21.0 Å². The summed E-state index contributed by atoms with van der Waals surface area (Å²) in [7, 11) is 0. The van der Waals surface area contributed by atoms with Gasteiger partial charge in [0, 0.05) is 5.69 Å². The number of halogens is 3. The van der Waals surface area contributed by atoms with Crippen LogP contribution in [0.25, 0.3) is 11.0 Å². The summed E-state index contributed by atoms with van der Waals surface area (Å²) in [5.74, 6) is -1.39. The van der Waals surface area contributed by atoms with Crippen LogP contribution in [-0.2, 0) is 4.79 Å². The SMILES string of the molecule is CC(N)(C(=O)Nc1ccc2[nH]c(=O)[nH]c2c1)C(F)(F)F. The van der Waals surface area contributed by atoms with Gasteiger partial charge in [0.05, 0.1) is 11.0 Å². The second-order valence-electron chi connectivity index (χ2n) is 4.49. The number of aromatic nitrogens is 2. The summed E-state index contributed by atoms with van der Waals surface area (Å²) >= 11 is 0. The Morgan fingerprint density at radius 2 is 1.85 bits per heavy atom. The largest absolute Gasteiger partial charge is 0.415 e. The minimum atomic E-state index is -4.87. The lowest BCUT2D eigenvalue weighted by Crippen LogP contribution is -2.59.